The third kappa shape index (κ3) is 7.28. The topological polar surface area (TPSA) is 71.1 Å². The van der Waals surface area contributed by atoms with Crippen LogP contribution in [0.1, 0.15) is 72.7 Å². The van der Waals surface area contributed by atoms with Crippen LogP contribution in [0.4, 0.5) is 0 Å². The second-order valence-corrected chi connectivity index (χ2v) is 16.9. The number of carbonyl (C=O) groups is 2. The van der Waals surface area contributed by atoms with Gasteiger partial charge in [0, 0.05) is 11.5 Å². The Morgan fingerprint density at radius 2 is 1.84 bits per heavy atom. The van der Waals surface area contributed by atoms with Gasteiger partial charge in [0.05, 0.1) is 18.1 Å². The lowest BCUT2D eigenvalue weighted by molar-refractivity contribution is -0.151. The van der Waals surface area contributed by atoms with Gasteiger partial charge in [-0.05, 0) is 56.5 Å². The molecule has 3 rings (SSSR count). The van der Waals surface area contributed by atoms with Gasteiger partial charge in [0.25, 0.3) is 0 Å². The van der Waals surface area contributed by atoms with Crippen LogP contribution in [0, 0.1) is 5.92 Å². The highest BCUT2D eigenvalue weighted by Gasteiger charge is 2.47. The minimum atomic E-state index is -2.15. The number of ether oxygens (including phenoxy) is 3. The third-order valence-electron chi connectivity index (χ3n) is 8.05. The Balaban J connectivity index is 1.97. The molecule has 0 radical (unpaired) electrons. The van der Waals surface area contributed by atoms with E-state index in [-0.39, 0.29) is 35.6 Å². The Morgan fingerprint density at radius 1 is 1.16 bits per heavy atom. The zero-order valence-electron chi connectivity index (χ0n) is 23.7. The summed E-state index contributed by atoms with van der Waals surface area (Å²) in [5.74, 6) is -0.483. The van der Waals surface area contributed by atoms with E-state index >= 15 is 0 Å². The molecule has 1 aromatic rings. The molecule has 6 nitrogen and oxygen atoms in total. The van der Waals surface area contributed by atoms with Gasteiger partial charge < -0.3 is 18.6 Å². The van der Waals surface area contributed by atoms with Crippen molar-refractivity contribution in [2.45, 2.75) is 109 Å². The summed E-state index contributed by atoms with van der Waals surface area (Å²) in [5.41, 5.74) is 1.07. The van der Waals surface area contributed by atoms with E-state index in [1.807, 2.05) is 56.3 Å². The van der Waals surface area contributed by atoms with Crippen molar-refractivity contribution in [1.82, 2.24) is 0 Å². The molecular weight excluding hydrogens is 484 g/mol. The van der Waals surface area contributed by atoms with E-state index in [2.05, 4.69) is 40.8 Å². The smallest absolute Gasteiger partial charge is 0.308 e. The maximum Gasteiger partial charge on any atom is 0.308 e. The van der Waals surface area contributed by atoms with Crippen molar-refractivity contribution in [3.05, 3.63) is 59.7 Å². The summed E-state index contributed by atoms with van der Waals surface area (Å²) in [5, 5.41) is 0.00147. The van der Waals surface area contributed by atoms with Crippen LogP contribution in [0.15, 0.2) is 54.1 Å². The standard InChI is InChI=1S/C30H44O6Si/c1-21-14-15-25-30(6,35-28(33-25)23-12-10-9-11-13-23)18-16-24(36-37(7,8)29(3,4)5)20-26(32)34-27(21)22(2)17-19-31/h9-15,17,19,21,24-25,27-28H,16,18,20H2,1-8H3/b15-14+,22-17+/t21-,24+,25-,27-,28?,30+/m0/s1. The fraction of sp³-hybridized carbons (Fsp3) is 0.600. The highest BCUT2D eigenvalue weighted by molar-refractivity contribution is 6.74. The number of rotatable bonds is 5. The number of esters is 1. The van der Waals surface area contributed by atoms with Crippen molar-refractivity contribution < 1.29 is 28.2 Å². The highest BCUT2D eigenvalue weighted by atomic mass is 28.4. The van der Waals surface area contributed by atoms with E-state index in [1.54, 1.807) is 0 Å². The average molecular weight is 529 g/mol. The third-order valence-corrected chi connectivity index (χ3v) is 12.6. The first kappa shape index (κ1) is 29.5. The Hall–Kier alpha value is -2.06. The zero-order chi connectivity index (χ0) is 27.4. The van der Waals surface area contributed by atoms with Crippen LogP contribution in [0.5, 0.6) is 0 Å². The number of aldehydes is 1. The second kappa shape index (κ2) is 11.8. The fourth-order valence-electron chi connectivity index (χ4n) is 4.64. The van der Waals surface area contributed by atoms with Crippen molar-refractivity contribution in [1.29, 1.82) is 0 Å². The number of fused-ring (bicyclic) bond motifs is 1. The summed E-state index contributed by atoms with van der Waals surface area (Å²) >= 11 is 0. The molecular formula is C30H44O6Si. The van der Waals surface area contributed by atoms with Gasteiger partial charge in [-0.15, -0.1) is 0 Å². The largest absolute Gasteiger partial charge is 0.457 e. The molecule has 0 saturated carbocycles. The fourth-order valence-corrected chi connectivity index (χ4v) is 6.02. The number of hydrogen-bond acceptors (Lipinski definition) is 6. The Bertz CT molecular complexity index is 995. The Kier molecular flexibility index (Phi) is 9.38. The minimum absolute atomic E-state index is 0.00147. The van der Waals surface area contributed by atoms with Crippen molar-refractivity contribution in [3.63, 3.8) is 0 Å². The SMILES string of the molecule is C/C(=C\C=O)[C@H]1OC(=O)C[C@H](O[Si](C)(C)C(C)(C)C)CC[C@@]2(C)OC(c3ccccc3)O[C@H]2/C=C/[C@@H]1C. The molecule has 2 heterocycles. The lowest BCUT2D eigenvalue weighted by Crippen LogP contribution is -2.45. The summed E-state index contributed by atoms with van der Waals surface area (Å²) in [6.45, 7) is 16.9. The van der Waals surface area contributed by atoms with Crippen LogP contribution in [0.25, 0.3) is 0 Å². The maximum absolute atomic E-state index is 13.2. The molecule has 1 saturated heterocycles. The van der Waals surface area contributed by atoms with Crippen LogP contribution in [0.3, 0.4) is 0 Å². The molecule has 1 aromatic carbocycles. The zero-order valence-corrected chi connectivity index (χ0v) is 24.7. The predicted molar refractivity (Wildman–Crippen MR) is 147 cm³/mol. The predicted octanol–water partition coefficient (Wildman–Crippen LogP) is 6.68. The van der Waals surface area contributed by atoms with Crippen LogP contribution in [0.2, 0.25) is 18.1 Å². The number of benzene rings is 1. The van der Waals surface area contributed by atoms with Gasteiger partial charge in [-0.2, -0.15) is 0 Å². The lowest BCUT2D eigenvalue weighted by Gasteiger charge is -2.40. The summed E-state index contributed by atoms with van der Waals surface area (Å²) in [6.07, 6.45) is 6.04. The van der Waals surface area contributed by atoms with E-state index in [4.69, 9.17) is 18.6 Å². The van der Waals surface area contributed by atoms with Gasteiger partial charge in [-0.25, -0.2) is 0 Å². The lowest BCUT2D eigenvalue weighted by atomic mass is 9.89. The van der Waals surface area contributed by atoms with Gasteiger partial charge in [0.2, 0.25) is 0 Å². The molecule has 2 aliphatic heterocycles. The van der Waals surface area contributed by atoms with Crippen molar-refractivity contribution in [2.75, 3.05) is 0 Å². The molecule has 37 heavy (non-hydrogen) atoms. The van der Waals surface area contributed by atoms with E-state index in [0.717, 1.165) is 11.8 Å². The minimum Gasteiger partial charge on any atom is -0.457 e. The van der Waals surface area contributed by atoms with Crippen molar-refractivity contribution >= 4 is 20.6 Å². The molecule has 0 aromatic heterocycles. The van der Waals surface area contributed by atoms with Crippen LogP contribution in [-0.2, 0) is 28.2 Å². The van der Waals surface area contributed by atoms with Gasteiger partial charge in [-0.1, -0.05) is 70.2 Å². The molecule has 0 N–H and O–H groups in total. The van der Waals surface area contributed by atoms with Gasteiger partial charge in [-0.3, -0.25) is 9.59 Å². The molecule has 1 fully saturated rings. The summed E-state index contributed by atoms with van der Waals surface area (Å²) in [7, 11) is -2.15. The number of hydrogen-bond donors (Lipinski definition) is 0. The van der Waals surface area contributed by atoms with Crippen molar-refractivity contribution in [3.8, 4) is 0 Å². The van der Waals surface area contributed by atoms with Gasteiger partial charge >= 0.3 is 5.97 Å². The molecule has 1 unspecified atom stereocenters. The number of carbonyl (C=O) groups excluding carboxylic acids is 2. The van der Waals surface area contributed by atoms with E-state index in [0.29, 0.717) is 18.4 Å². The molecule has 0 amide bonds. The summed E-state index contributed by atoms with van der Waals surface area (Å²) < 4.78 is 25.7. The molecule has 0 spiro atoms. The van der Waals surface area contributed by atoms with E-state index in [9.17, 15) is 9.59 Å². The van der Waals surface area contributed by atoms with Crippen molar-refractivity contribution in [2.24, 2.45) is 5.92 Å². The number of cyclic esters (lactones) is 1. The van der Waals surface area contributed by atoms with Gasteiger partial charge in [0.1, 0.15) is 18.5 Å². The van der Waals surface area contributed by atoms with Crippen LogP contribution in [-0.4, -0.2) is 44.5 Å². The van der Waals surface area contributed by atoms with E-state index < -0.39 is 26.3 Å². The quantitative estimate of drug-likeness (QED) is 0.140. The summed E-state index contributed by atoms with van der Waals surface area (Å²) in [4.78, 5) is 24.4. The Labute approximate surface area is 223 Å². The average Bonchev–Trinajstić information content (AvgIpc) is 3.15. The molecule has 204 valence electrons. The first-order valence-electron chi connectivity index (χ1n) is 13.3. The van der Waals surface area contributed by atoms with Gasteiger partial charge in [0.15, 0.2) is 14.6 Å². The summed E-state index contributed by atoms with van der Waals surface area (Å²) in [6, 6.07) is 9.94. The maximum atomic E-state index is 13.2. The first-order valence-corrected chi connectivity index (χ1v) is 16.2. The normalized spacial score (nSPS) is 33.0. The van der Waals surface area contributed by atoms with E-state index in [1.165, 1.54) is 6.08 Å². The highest BCUT2D eigenvalue weighted by Crippen LogP contribution is 2.44. The Morgan fingerprint density at radius 3 is 2.46 bits per heavy atom. The molecule has 6 atom stereocenters. The molecule has 0 aliphatic carbocycles. The number of allylic oxidation sites excluding steroid dienone is 1. The monoisotopic (exact) mass is 528 g/mol. The molecule has 0 bridgehead atoms. The second-order valence-electron chi connectivity index (χ2n) is 12.2. The molecule has 2 aliphatic rings. The molecule has 7 heteroatoms. The van der Waals surface area contributed by atoms with Crippen LogP contribution < -0.4 is 0 Å². The van der Waals surface area contributed by atoms with Crippen LogP contribution >= 0.6 is 0 Å². The first-order chi connectivity index (χ1) is 17.3.